The minimum atomic E-state index is -0.338. The average Bonchev–Trinajstić information content (AvgIpc) is 3.08. The molecular formula is C17H11Cl3N4O. The van der Waals surface area contributed by atoms with Crippen LogP contribution in [0.3, 0.4) is 0 Å². The van der Waals surface area contributed by atoms with Crippen LogP contribution >= 0.6 is 34.8 Å². The van der Waals surface area contributed by atoms with Crippen molar-refractivity contribution in [3.63, 3.8) is 0 Å². The molecule has 0 aliphatic rings. The molecular weight excluding hydrogens is 383 g/mol. The van der Waals surface area contributed by atoms with Crippen LogP contribution in [0, 0.1) is 0 Å². The van der Waals surface area contributed by atoms with E-state index in [9.17, 15) is 4.79 Å². The van der Waals surface area contributed by atoms with Gasteiger partial charge in [-0.3, -0.25) is 4.79 Å². The molecule has 0 unspecified atom stereocenters. The third-order valence-corrected chi connectivity index (χ3v) is 4.06. The van der Waals surface area contributed by atoms with Crippen LogP contribution in [-0.2, 0) is 4.79 Å². The van der Waals surface area contributed by atoms with Gasteiger partial charge in [0.25, 0.3) is 0 Å². The van der Waals surface area contributed by atoms with Crippen LogP contribution in [0.15, 0.2) is 55.1 Å². The summed E-state index contributed by atoms with van der Waals surface area (Å²) in [6.45, 7) is 0. The number of amides is 1. The van der Waals surface area contributed by atoms with Crippen molar-refractivity contribution >= 4 is 52.5 Å². The van der Waals surface area contributed by atoms with Gasteiger partial charge in [-0.15, -0.1) is 0 Å². The molecule has 25 heavy (non-hydrogen) atoms. The molecule has 0 saturated heterocycles. The molecule has 0 radical (unpaired) electrons. The van der Waals surface area contributed by atoms with Crippen LogP contribution in [0.1, 0.15) is 5.56 Å². The predicted molar refractivity (Wildman–Crippen MR) is 100 cm³/mol. The van der Waals surface area contributed by atoms with Gasteiger partial charge >= 0.3 is 0 Å². The first-order valence-electron chi connectivity index (χ1n) is 7.11. The van der Waals surface area contributed by atoms with Crippen molar-refractivity contribution in [1.29, 1.82) is 0 Å². The van der Waals surface area contributed by atoms with Gasteiger partial charge in [0, 0.05) is 21.1 Å². The fraction of sp³-hybridized carbons (Fsp3) is 0. The molecule has 126 valence electrons. The zero-order chi connectivity index (χ0) is 17.8. The van der Waals surface area contributed by atoms with E-state index < -0.39 is 0 Å². The predicted octanol–water partition coefficient (Wildman–Crippen LogP) is 4.88. The summed E-state index contributed by atoms with van der Waals surface area (Å²) in [5, 5.41) is 8.31. The molecule has 0 spiro atoms. The molecule has 3 aromatic rings. The lowest BCUT2D eigenvalue weighted by Crippen LogP contribution is -2.11. The number of anilines is 1. The summed E-state index contributed by atoms with van der Waals surface area (Å²) in [5.41, 5.74) is 1.84. The normalized spacial score (nSPS) is 11.0. The summed E-state index contributed by atoms with van der Waals surface area (Å²) >= 11 is 18.0. The molecule has 8 heteroatoms. The van der Waals surface area contributed by atoms with Gasteiger partial charge in [0.2, 0.25) is 5.91 Å². The second-order valence-electron chi connectivity index (χ2n) is 4.99. The van der Waals surface area contributed by atoms with E-state index in [1.165, 1.54) is 23.4 Å². The van der Waals surface area contributed by atoms with Crippen LogP contribution in [0.2, 0.25) is 15.1 Å². The Balaban J connectivity index is 1.81. The summed E-state index contributed by atoms with van der Waals surface area (Å²) in [6, 6.07) is 10.1. The van der Waals surface area contributed by atoms with E-state index >= 15 is 0 Å². The number of carbonyl (C=O) groups excluding carboxylic acids is 1. The van der Waals surface area contributed by atoms with E-state index in [-0.39, 0.29) is 5.91 Å². The highest BCUT2D eigenvalue weighted by Crippen LogP contribution is 2.25. The monoisotopic (exact) mass is 392 g/mol. The van der Waals surface area contributed by atoms with Gasteiger partial charge in [-0.25, -0.2) is 9.67 Å². The molecule has 1 amide bonds. The minimum Gasteiger partial charge on any atom is -0.321 e. The molecule has 3 rings (SSSR count). The van der Waals surface area contributed by atoms with E-state index in [1.807, 2.05) is 0 Å². The largest absolute Gasteiger partial charge is 0.321 e. The Morgan fingerprint density at radius 3 is 2.56 bits per heavy atom. The number of nitrogens with zero attached hydrogens (tertiary/aromatic N) is 3. The van der Waals surface area contributed by atoms with Crippen molar-refractivity contribution in [2.24, 2.45) is 0 Å². The van der Waals surface area contributed by atoms with Crippen molar-refractivity contribution in [2.45, 2.75) is 0 Å². The van der Waals surface area contributed by atoms with Gasteiger partial charge in [-0.1, -0.05) is 40.9 Å². The molecule has 1 heterocycles. The van der Waals surface area contributed by atoms with Crippen molar-refractivity contribution in [3.05, 3.63) is 75.8 Å². The minimum absolute atomic E-state index is 0.338. The second kappa shape index (κ2) is 7.70. The highest BCUT2D eigenvalue weighted by Gasteiger charge is 2.09. The third kappa shape index (κ3) is 4.39. The SMILES string of the molecule is O=C(/C=C/c1ccc(Cl)cc1Cl)Nc1cc(Cl)ccc1-n1cncn1. The number of rotatable bonds is 4. The summed E-state index contributed by atoms with van der Waals surface area (Å²) in [7, 11) is 0. The maximum Gasteiger partial charge on any atom is 0.248 e. The smallest absolute Gasteiger partial charge is 0.248 e. The maximum atomic E-state index is 12.2. The van der Waals surface area contributed by atoms with E-state index in [1.54, 1.807) is 42.5 Å². The van der Waals surface area contributed by atoms with Crippen molar-refractivity contribution in [1.82, 2.24) is 14.8 Å². The van der Waals surface area contributed by atoms with E-state index in [4.69, 9.17) is 34.8 Å². The molecule has 0 saturated carbocycles. The number of nitrogens with one attached hydrogen (secondary N) is 1. The quantitative estimate of drug-likeness (QED) is 0.643. The zero-order valence-corrected chi connectivity index (χ0v) is 14.9. The zero-order valence-electron chi connectivity index (χ0n) is 12.7. The Morgan fingerprint density at radius 2 is 1.84 bits per heavy atom. The van der Waals surface area contributed by atoms with Gasteiger partial charge in [-0.2, -0.15) is 5.10 Å². The summed E-state index contributed by atoms with van der Waals surface area (Å²) in [5.74, 6) is -0.338. The number of halogens is 3. The van der Waals surface area contributed by atoms with Crippen LogP contribution in [0.5, 0.6) is 0 Å². The van der Waals surface area contributed by atoms with Gasteiger partial charge in [-0.05, 0) is 42.0 Å². The fourth-order valence-corrected chi connectivity index (χ4v) is 2.76. The van der Waals surface area contributed by atoms with Crippen LogP contribution in [0.4, 0.5) is 5.69 Å². The Morgan fingerprint density at radius 1 is 1.08 bits per heavy atom. The fourth-order valence-electron chi connectivity index (χ4n) is 2.12. The molecule has 0 atom stereocenters. The third-order valence-electron chi connectivity index (χ3n) is 3.26. The van der Waals surface area contributed by atoms with Gasteiger partial charge in [0.15, 0.2) is 0 Å². The Kier molecular flexibility index (Phi) is 5.38. The van der Waals surface area contributed by atoms with E-state index in [0.717, 1.165) is 0 Å². The Hall–Kier alpha value is -2.34. The van der Waals surface area contributed by atoms with Gasteiger partial charge in [0.05, 0.1) is 11.4 Å². The topological polar surface area (TPSA) is 59.8 Å². The number of carbonyl (C=O) groups is 1. The first kappa shape index (κ1) is 17.5. The average molecular weight is 394 g/mol. The van der Waals surface area contributed by atoms with Gasteiger partial charge in [0.1, 0.15) is 12.7 Å². The molecule has 0 aliphatic heterocycles. The highest BCUT2D eigenvalue weighted by molar-refractivity contribution is 6.35. The van der Waals surface area contributed by atoms with Crippen LogP contribution < -0.4 is 5.32 Å². The number of aromatic nitrogens is 3. The van der Waals surface area contributed by atoms with Crippen molar-refractivity contribution < 1.29 is 4.79 Å². The molecule has 0 bridgehead atoms. The first-order chi connectivity index (χ1) is 12.0. The highest BCUT2D eigenvalue weighted by atomic mass is 35.5. The standard InChI is InChI=1S/C17H11Cl3N4O/c18-12-3-1-11(14(20)7-12)2-6-17(25)23-15-8-13(19)4-5-16(15)24-10-21-9-22-24/h1-10H,(H,23,25)/b6-2+. The maximum absolute atomic E-state index is 12.2. The summed E-state index contributed by atoms with van der Waals surface area (Å²) in [4.78, 5) is 16.1. The second-order valence-corrected chi connectivity index (χ2v) is 6.27. The molecule has 1 N–H and O–H groups in total. The molecule has 0 aliphatic carbocycles. The lowest BCUT2D eigenvalue weighted by Gasteiger charge is -2.10. The molecule has 1 aromatic heterocycles. The molecule has 0 fully saturated rings. The summed E-state index contributed by atoms with van der Waals surface area (Å²) < 4.78 is 1.53. The van der Waals surface area contributed by atoms with Crippen LogP contribution in [-0.4, -0.2) is 20.7 Å². The van der Waals surface area contributed by atoms with E-state index in [0.29, 0.717) is 32.0 Å². The van der Waals surface area contributed by atoms with Crippen LogP contribution in [0.25, 0.3) is 11.8 Å². The van der Waals surface area contributed by atoms with Gasteiger partial charge < -0.3 is 5.32 Å². The van der Waals surface area contributed by atoms with E-state index in [2.05, 4.69) is 15.4 Å². The number of hydrogen-bond donors (Lipinski definition) is 1. The Labute approximate surface area is 158 Å². The Bertz CT molecular complexity index is 939. The molecule has 2 aromatic carbocycles. The number of hydrogen-bond acceptors (Lipinski definition) is 3. The first-order valence-corrected chi connectivity index (χ1v) is 8.25. The summed E-state index contributed by atoms with van der Waals surface area (Å²) in [6.07, 6.45) is 5.92. The molecule has 5 nitrogen and oxygen atoms in total. The van der Waals surface area contributed by atoms with Crippen molar-refractivity contribution in [3.8, 4) is 5.69 Å². The number of benzene rings is 2. The lowest BCUT2D eigenvalue weighted by atomic mass is 10.2. The van der Waals surface area contributed by atoms with Crippen molar-refractivity contribution in [2.75, 3.05) is 5.32 Å². The lowest BCUT2D eigenvalue weighted by molar-refractivity contribution is -0.111.